The topological polar surface area (TPSA) is 72.8 Å². The van der Waals surface area contributed by atoms with Crippen molar-refractivity contribution >= 4 is 38.7 Å². The zero-order chi connectivity index (χ0) is 17.3. The van der Waals surface area contributed by atoms with Gasteiger partial charge in [0.1, 0.15) is 0 Å². The molecule has 3 N–H and O–H groups in total. The first kappa shape index (κ1) is 16.4. The van der Waals surface area contributed by atoms with Crippen molar-refractivity contribution in [2.45, 2.75) is 6.29 Å². The summed E-state index contributed by atoms with van der Waals surface area (Å²) in [7, 11) is 3.89. The summed E-state index contributed by atoms with van der Waals surface area (Å²) in [6.45, 7) is 0. The predicted octanol–water partition coefficient (Wildman–Crippen LogP) is 3.20. The van der Waals surface area contributed by atoms with E-state index >= 15 is 0 Å². The van der Waals surface area contributed by atoms with Crippen LogP contribution in [0.5, 0.6) is 0 Å². The second kappa shape index (κ2) is 6.60. The normalized spacial score (nSPS) is 11.0. The van der Waals surface area contributed by atoms with Gasteiger partial charge in [0.2, 0.25) is 0 Å². The molecule has 0 aliphatic rings. The van der Waals surface area contributed by atoms with Gasteiger partial charge in [0.05, 0.1) is 4.88 Å². The standard InChI is InChI=1S/C18H18N2O3S/c1-20(2)14-6-3-11(4-7-14)17(21)19-13-5-8-15-12(9-13)10-16(24-15)18(22)23/h3-10,18,22-23H,1-2H3,(H,19,21). The Balaban J connectivity index is 1.79. The van der Waals surface area contributed by atoms with Gasteiger partial charge in [-0.2, -0.15) is 0 Å². The second-order valence-electron chi connectivity index (χ2n) is 5.67. The maximum absolute atomic E-state index is 12.3. The highest BCUT2D eigenvalue weighted by Crippen LogP contribution is 2.31. The highest BCUT2D eigenvalue weighted by Gasteiger charge is 2.10. The van der Waals surface area contributed by atoms with Gasteiger partial charge in [0.15, 0.2) is 6.29 Å². The van der Waals surface area contributed by atoms with Crippen molar-refractivity contribution < 1.29 is 15.0 Å². The van der Waals surface area contributed by atoms with Crippen LogP contribution in [0.2, 0.25) is 0 Å². The van der Waals surface area contributed by atoms with Crippen molar-refractivity contribution in [2.75, 3.05) is 24.3 Å². The van der Waals surface area contributed by atoms with Crippen LogP contribution in [0.25, 0.3) is 10.1 Å². The number of nitrogens with zero attached hydrogens (tertiary/aromatic N) is 1. The number of anilines is 2. The zero-order valence-electron chi connectivity index (χ0n) is 13.4. The van der Waals surface area contributed by atoms with E-state index in [9.17, 15) is 15.0 Å². The molecule has 0 unspecified atom stereocenters. The molecule has 5 nitrogen and oxygen atoms in total. The van der Waals surface area contributed by atoms with Crippen molar-refractivity contribution in [1.29, 1.82) is 0 Å². The fraction of sp³-hybridized carbons (Fsp3) is 0.167. The van der Waals surface area contributed by atoms with Crippen molar-refractivity contribution in [3.63, 3.8) is 0 Å². The van der Waals surface area contributed by atoms with Gasteiger partial charge in [-0.15, -0.1) is 11.3 Å². The fourth-order valence-corrected chi connectivity index (χ4v) is 3.30. The lowest BCUT2D eigenvalue weighted by Crippen LogP contribution is -2.13. The summed E-state index contributed by atoms with van der Waals surface area (Å²) in [4.78, 5) is 14.8. The highest BCUT2D eigenvalue weighted by atomic mass is 32.1. The van der Waals surface area contributed by atoms with Crippen LogP contribution in [-0.2, 0) is 0 Å². The maximum atomic E-state index is 12.3. The molecule has 6 heteroatoms. The third-order valence-electron chi connectivity index (χ3n) is 3.69. The molecule has 3 rings (SSSR count). The van der Waals surface area contributed by atoms with E-state index in [0.29, 0.717) is 16.1 Å². The Hall–Kier alpha value is -2.41. The number of thiophene rings is 1. The van der Waals surface area contributed by atoms with E-state index < -0.39 is 6.29 Å². The molecule has 24 heavy (non-hydrogen) atoms. The quantitative estimate of drug-likeness (QED) is 0.637. The molecule has 0 atom stereocenters. The highest BCUT2D eigenvalue weighted by molar-refractivity contribution is 7.19. The van der Waals surface area contributed by atoms with Gasteiger partial charge in [-0.25, -0.2) is 0 Å². The smallest absolute Gasteiger partial charge is 0.255 e. The van der Waals surface area contributed by atoms with E-state index in [2.05, 4.69) is 5.32 Å². The minimum atomic E-state index is -1.48. The van der Waals surface area contributed by atoms with Crippen LogP contribution >= 0.6 is 11.3 Å². The molecular formula is C18H18N2O3S. The summed E-state index contributed by atoms with van der Waals surface area (Å²) in [6, 6.07) is 14.6. The number of carbonyl (C=O) groups is 1. The van der Waals surface area contributed by atoms with Crippen LogP contribution in [-0.4, -0.2) is 30.2 Å². The molecule has 0 saturated carbocycles. The monoisotopic (exact) mass is 342 g/mol. The van der Waals surface area contributed by atoms with Gasteiger partial charge in [-0.05, 0) is 53.9 Å². The summed E-state index contributed by atoms with van der Waals surface area (Å²) >= 11 is 1.32. The van der Waals surface area contributed by atoms with E-state index in [1.165, 1.54) is 11.3 Å². The number of carbonyl (C=O) groups excluding carboxylic acids is 1. The fourth-order valence-electron chi connectivity index (χ4n) is 2.38. The molecule has 124 valence electrons. The van der Waals surface area contributed by atoms with Crippen LogP contribution in [0.15, 0.2) is 48.5 Å². The van der Waals surface area contributed by atoms with Gasteiger partial charge in [-0.1, -0.05) is 0 Å². The van der Waals surface area contributed by atoms with Gasteiger partial charge in [0, 0.05) is 35.7 Å². The van der Waals surface area contributed by atoms with Crippen LogP contribution in [0.1, 0.15) is 21.5 Å². The Morgan fingerprint density at radius 1 is 1.08 bits per heavy atom. The average molecular weight is 342 g/mol. The first-order chi connectivity index (χ1) is 11.4. The molecule has 0 radical (unpaired) electrons. The zero-order valence-corrected chi connectivity index (χ0v) is 14.2. The van der Waals surface area contributed by atoms with Gasteiger partial charge in [0.25, 0.3) is 5.91 Å². The van der Waals surface area contributed by atoms with Gasteiger partial charge < -0.3 is 20.4 Å². The summed E-state index contributed by atoms with van der Waals surface area (Å²) in [5, 5.41) is 22.2. The van der Waals surface area contributed by atoms with E-state index in [1.807, 2.05) is 43.3 Å². The minimum Gasteiger partial charge on any atom is -0.378 e. The number of fused-ring (bicyclic) bond motifs is 1. The van der Waals surface area contributed by atoms with Gasteiger partial charge in [-0.3, -0.25) is 4.79 Å². The van der Waals surface area contributed by atoms with E-state index in [0.717, 1.165) is 15.8 Å². The van der Waals surface area contributed by atoms with Crippen LogP contribution in [0.3, 0.4) is 0 Å². The lowest BCUT2D eigenvalue weighted by atomic mass is 10.1. The molecule has 0 bridgehead atoms. The largest absolute Gasteiger partial charge is 0.378 e. The number of hydrogen-bond donors (Lipinski definition) is 3. The van der Waals surface area contributed by atoms with Crippen LogP contribution in [0, 0.1) is 0 Å². The van der Waals surface area contributed by atoms with Crippen molar-refractivity contribution in [3.05, 3.63) is 59.0 Å². The first-order valence-electron chi connectivity index (χ1n) is 7.42. The maximum Gasteiger partial charge on any atom is 0.255 e. The lowest BCUT2D eigenvalue weighted by molar-refractivity contribution is -0.0394. The number of rotatable bonds is 4. The number of hydrogen-bond acceptors (Lipinski definition) is 5. The summed E-state index contributed by atoms with van der Waals surface area (Å²) in [5.41, 5.74) is 2.28. The molecule has 1 amide bonds. The number of amides is 1. The van der Waals surface area contributed by atoms with Crippen molar-refractivity contribution in [1.82, 2.24) is 0 Å². The first-order valence-corrected chi connectivity index (χ1v) is 8.24. The Kier molecular flexibility index (Phi) is 4.53. The molecule has 3 aromatic rings. The SMILES string of the molecule is CN(C)c1ccc(C(=O)Nc2ccc3sc(C(O)O)cc3c2)cc1. The molecule has 0 saturated heterocycles. The number of aliphatic hydroxyl groups excluding tert-OH is 1. The summed E-state index contributed by atoms with van der Waals surface area (Å²) < 4.78 is 0.937. The molecule has 1 heterocycles. The molecule has 2 aromatic carbocycles. The molecule has 0 spiro atoms. The van der Waals surface area contributed by atoms with Gasteiger partial charge >= 0.3 is 0 Å². The Morgan fingerprint density at radius 2 is 1.79 bits per heavy atom. The predicted molar refractivity (Wildman–Crippen MR) is 97.7 cm³/mol. The van der Waals surface area contributed by atoms with Crippen LogP contribution < -0.4 is 10.2 Å². The van der Waals surface area contributed by atoms with E-state index in [1.54, 1.807) is 24.3 Å². The van der Waals surface area contributed by atoms with E-state index in [-0.39, 0.29) is 5.91 Å². The molecule has 1 aromatic heterocycles. The third-order valence-corrected chi connectivity index (χ3v) is 4.85. The Labute approximate surface area is 143 Å². The average Bonchev–Trinajstić information content (AvgIpc) is 2.98. The van der Waals surface area contributed by atoms with Crippen LogP contribution in [0.4, 0.5) is 11.4 Å². The number of aliphatic hydroxyl groups is 2. The Bertz CT molecular complexity index is 870. The Morgan fingerprint density at radius 3 is 2.42 bits per heavy atom. The molecule has 0 aliphatic carbocycles. The summed E-state index contributed by atoms with van der Waals surface area (Å²) in [6.07, 6.45) is -1.48. The van der Waals surface area contributed by atoms with Crippen molar-refractivity contribution in [3.8, 4) is 0 Å². The number of nitrogens with one attached hydrogen (secondary N) is 1. The minimum absolute atomic E-state index is 0.183. The van der Waals surface area contributed by atoms with E-state index in [4.69, 9.17) is 0 Å². The summed E-state index contributed by atoms with van der Waals surface area (Å²) in [5.74, 6) is -0.183. The third kappa shape index (κ3) is 3.41. The van der Waals surface area contributed by atoms with Crippen molar-refractivity contribution in [2.24, 2.45) is 0 Å². The molecule has 0 aliphatic heterocycles. The lowest BCUT2D eigenvalue weighted by Gasteiger charge is -2.12. The second-order valence-corrected chi connectivity index (χ2v) is 6.79. The molecule has 0 fully saturated rings. The number of benzene rings is 2. The molecular weight excluding hydrogens is 324 g/mol.